The monoisotopic (exact) mass is 392 g/mol. The molecule has 0 unspecified atom stereocenters. The molecule has 2 aliphatic carbocycles. The van der Waals surface area contributed by atoms with Crippen molar-refractivity contribution in [3.63, 3.8) is 0 Å². The molecule has 1 amide bonds. The minimum absolute atomic E-state index is 0.208. The van der Waals surface area contributed by atoms with E-state index in [-0.39, 0.29) is 23.2 Å². The SMILES string of the molecule is O=C(N[C@@H](c1ccccn1)C(F)(F)F)c1cnc(C2CC2)c(OCC2CC2)n1. The summed E-state index contributed by atoms with van der Waals surface area (Å²) < 4.78 is 46.0. The van der Waals surface area contributed by atoms with Crippen LogP contribution < -0.4 is 10.1 Å². The van der Waals surface area contributed by atoms with Gasteiger partial charge in [-0.05, 0) is 43.7 Å². The third kappa shape index (κ3) is 4.40. The van der Waals surface area contributed by atoms with Gasteiger partial charge in [-0.15, -0.1) is 0 Å². The molecule has 2 aromatic rings. The maximum Gasteiger partial charge on any atom is 0.414 e. The molecule has 0 bridgehead atoms. The zero-order valence-corrected chi connectivity index (χ0v) is 14.9. The third-order valence-corrected chi connectivity index (χ3v) is 4.70. The van der Waals surface area contributed by atoms with E-state index >= 15 is 0 Å². The Kier molecular flexibility index (Phi) is 4.91. The van der Waals surface area contributed by atoms with Crippen molar-refractivity contribution >= 4 is 5.91 Å². The van der Waals surface area contributed by atoms with Gasteiger partial charge in [0.25, 0.3) is 5.91 Å². The van der Waals surface area contributed by atoms with Crippen molar-refractivity contribution in [1.82, 2.24) is 20.3 Å². The van der Waals surface area contributed by atoms with Gasteiger partial charge in [0.15, 0.2) is 11.7 Å². The van der Waals surface area contributed by atoms with E-state index in [9.17, 15) is 18.0 Å². The zero-order chi connectivity index (χ0) is 19.7. The van der Waals surface area contributed by atoms with Crippen molar-refractivity contribution in [2.45, 2.75) is 43.8 Å². The van der Waals surface area contributed by atoms with Gasteiger partial charge in [0.1, 0.15) is 5.69 Å². The molecule has 0 radical (unpaired) electrons. The molecule has 2 heterocycles. The maximum atomic E-state index is 13.4. The van der Waals surface area contributed by atoms with Gasteiger partial charge in [-0.3, -0.25) is 14.8 Å². The molecule has 4 rings (SSSR count). The first-order valence-corrected chi connectivity index (χ1v) is 9.20. The lowest BCUT2D eigenvalue weighted by Crippen LogP contribution is -2.39. The topological polar surface area (TPSA) is 77.0 Å². The predicted octanol–water partition coefficient (Wildman–Crippen LogP) is 3.57. The van der Waals surface area contributed by atoms with Crippen LogP contribution in [0.4, 0.5) is 13.2 Å². The van der Waals surface area contributed by atoms with E-state index in [1.165, 1.54) is 30.6 Å². The van der Waals surface area contributed by atoms with Crippen LogP contribution in [0, 0.1) is 5.92 Å². The number of carbonyl (C=O) groups excluding carboxylic acids is 1. The van der Waals surface area contributed by atoms with Crippen molar-refractivity contribution in [1.29, 1.82) is 0 Å². The quantitative estimate of drug-likeness (QED) is 0.780. The number of ether oxygens (including phenoxy) is 1. The summed E-state index contributed by atoms with van der Waals surface area (Å²) in [5.74, 6) is 0.00268. The first-order valence-electron chi connectivity index (χ1n) is 9.20. The number of hydrogen-bond donors (Lipinski definition) is 1. The van der Waals surface area contributed by atoms with E-state index in [2.05, 4.69) is 15.0 Å². The summed E-state index contributed by atoms with van der Waals surface area (Å²) in [6, 6.07) is 1.91. The summed E-state index contributed by atoms with van der Waals surface area (Å²) in [6.45, 7) is 0.485. The van der Waals surface area contributed by atoms with Gasteiger partial charge in [-0.2, -0.15) is 13.2 Å². The van der Waals surface area contributed by atoms with Gasteiger partial charge in [-0.1, -0.05) is 6.07 Å². The van der Waals surface area contributed by atoms with Crippen LogP contribution in [0.2, 0.25) is 0 Å². The maximum absolute atomic E-state index is 13.4. The number of amides is 1. The van der Waals surface area contributed by atoms with Crippen LogP contribution in [0.1, 0.15) is 59.5 Å². The van der Waals surface area contributed by atoms with Crippen LogP contribution in [-0.4, -0.2) is 33.6 Å². The average molecular weight is 392 g/mol. The van der Waals surface area contributed by atoms with Crippen molar-refractivity contribution < 1.29 is 22.7 Å². The molecule has 2 saturated carbocycles. The van der Waals surface area contributed by atoms with Crippen LogP contribution in [0.5, 0.6) is 5.88 Å². The standard InChI is InChI=1S/C19H19F3N4O2/c20-19(21,22)16(13-3-1-2-8-23-13)26-17(27)14-9-24-15(12-6-7-12)18(25-14)28-10-11-4-5-11/h1-3,8-9,11-12,16H,4-7,10H2,(H,26,27)/t16-/m0/s1. The van der Waals surface area contributed by atoms with Crippen LogP contribution in [0.25, 0.3) is 0 Å². The van der Waals surface area contributed by atoms with Crippen molar-refractivity contribution in [2.75, 3.05) is 6.61 Å². The molecule has 0 spiro atoms. The minimum atomic E-state index is -4.70. The smallest absolute Gasteiger partial charge is 0.414 e. The van der Waals surface area contributed by atoms with E-state index in [4.69, 9.17) is 4.74 Å². The fraction of sp³-hybridized carbons (Fsp3) is 0.474. The lowest BCUT2D eigenvalue weighted by Gasteiger charge is -2.21. The summed E-state index contributed by atoms with van der Waals surface area (Å²) in [7, 11) is 0. The highest BCUT2D eigenvalue weighted by molar-refractivity contribution is 5.92. The largest absolute Gasteiger partial charge is 0.476 e. The highest BCUT2D eigenvalue weighted by Gasteiger charge is 2.43. The summed E-state index contributed by atoms with van der Waals surface area (Å²) in [5, 5.41) is 1.97. The molecule has 2 aliphatic rings. The molecule has 148 valence electrons. The van der Waals surface area contributed by atoms with Crippen LogP contribution in [0.15, 0.2) is 30.6 Å². The Bertz CT molecular complexity index is 852. The van der Waals surface area contributed by atoms with Crippen LogP contribution in [-0.2, 0) is 0 Å². The molecule has 6 nitrogen and oxygen atoms in total. The second kappa shape index (κ2) is 7.37. The number of nitrogens with one attached hydrogen (secondary N) is 1. The molecule has 28 heavy (non-hydrogen) atoms. The molecular formula is C19H19F3N4O2. The Morgan fingerprint density at radius 1 is 1.21 bits per heavy atom. The third-order valence-electron chi connectivity index (χ3n) is 4.70. The Balaban J connectivity index is 1.55. The molecule has 2 fully saturated rings. The summed E-state index contributed by atoms with van der Waals surface area (Å²) in [5.41, 5.74) is 0.172. The van der Waals surface area contributed by atoms with E-state index in [1.807, 2.05) is 5.32 Å². The highest BCUT2D eigenvalue weighted by Crippen LogP contribution is 2.43. The predicted molar refractivity (Wildman–Crippen MR) is 92.7 cm³/mol. The number of rotatable bonds is 7. The van der Waals surface area contributed by atoms with Gasteiger partial charge in [0.2, 0.25) is 5.88 Å². The van der Waals surface area contributed by atoms with Gasteiger partial charge in [-0.25, -0.2) is 4.98 Å². The minimum Gasteiger partial charge on any atom is -0.476 e. The number of carbonyl (C=O) groups is 1. The van der Waals surface area contributed by atoms with Crippen molar-refractivity contribution in [2.24, 2.45) is 5.92 Å². The molecule has 1 atom stereocenters. The van der Waals surface area contributed by atoms with Crippen molar-refractivity contribution in [3.05, 3.63) is 47.7 Å². The molecular weight excluding hydrogens is 373 g/mol. The van der Waals surface area contributed by atoms with E-state index in [0.29, 0.717) is 18.2 Å². The number of nitrogens with zero attached hydrogens (tertiary/aromatic N) is 3. The lowest BCUT2D eigenvalue weighted by atomic mass is 10.1. The van der Waals surface area contributed by atoms with Crippen molar-refractivity contribution in [3.8, 4) is 5.88 Å². The molecule has 0 aliphatic heterocycles. The lowest BCUT2D eigenvalue weighted by molar-refractivity contribution is -0.156. The Morgan fingerprint density at radius 3 is 2.61 bits per heavy atom. The van der Waals surface area contributed by atoms with Gasteiger partial charge in [0, 0.05) is 12.1 Å². The Hall–Kier alpha value is -2.71. The summed E-state index contributed by atoms with van der Waals surface area (Å²) in [6.07, 6.45) is 1.86. The Labute approximate surface area is 159 Å². The van der Waals surface area contributed by atoms with Crippen LogP contribution in [0.3, 0.4) is 0 Å². The number of alkyl halides is 3. The van der Waals surface area contributed by atoms with E-state index in [1.54, 1.807) is 0 Å². The normalized spacial score (nSPS) is 17.8. The summed E-state index contributed by atoms with van der Waals surface area (Å²) >= 11 is 0. The van der Waals surface area contributed by atoms with E-state index in [0.717, 1.165) is 25.7 Å². The zero-order valence-electron chi connectivity index (χ0n) is 14.9. The Morgan fingerprint density at radius 2 is 2.00 bits per heavy atom. The molecule has 1 N–H and O–H groups in total. The molecule has 2 aromatic heterocycles. The van der Waals surface area contributed by atoms with Gasteiger partial charge < -0.3 is 10.1 Å². The number of halogens is 3. The molecule has 9 heteroatoms. The van der Waals surface area contributed by atoms with Gasteiger partial charge in [0.05, 0.1) is 18.5 Å². The molecule has 0 saturated heterocycles. The first kappa shape index (κ1) is 18.6. The highest BCUT2D eigenvalue weighted by atomic mass is 19.4. The van der Waals surface area contributed by atoms with Gasteiger partial charge >= 0.3 is 6.18 Å². The second-order valence-corrected chi connectivity index (χ2v) is 7.18. The summed E-state index contributed by atoms with van der Waals surface area (Å²) in [4.78, 5) is 24.6. The number of hydrogen-bond acceptors (Lipinski definition) is 5. The average Bonchev–Trinajstić information content (AvgIpc) is 3.57. The van der Waals surface area contributed by atoms with E-state index < -0.39 is 18.1 Å². The molecule has 0 aromatic carbocycles. The number of pyridine rings is 1. The fourth-order valence-corrected chi connectivity index (χ4v) is 2.79. The number of aromatic nitrogens is 3. The fourth-order valence-electron chi connectivity index (χ4n) is 2.79. The first-order chi connectivity index (χ1) is 13.4. The van der Waals surface area contributed by atoms with Crippen LogP contribution >= 0.6 is 0 Å². The second-order valence-electron chi connectivity index (χ2n) is 7.18.